The van der Waals surface area contributed by atoms with E-state index in [1.54, 1.807) is 12.3 Å². The van der Waals surface area contributed by atoms with Gasteiger partial charge in [0.15, 0.2) is 0 Å². The summed E-state index contributed by atoms with van der Waals surface area (Å²) in [6.45, 7) is 5.33. The first-order valence-electron chi connectivity index (χ1n) is 5.92. The molecule has 0 spiro atoms. The summed E-state index contributed by atoms with van der Waals surface area (Å²) < 4.78 is 5.29. The van der Waals surface area contributed by atoms with Gasteiger partial charge in [0.25, 0.3) is 0 Å². The highest BCUT2D eigenvalue weighted by molar-refractivity contribution is 7.80. The summed E-state index contributed by atoms with van der Waals surface area (Å²) >= 11 is 4.87. The summed E-state index contributed by atoms with van der Waals surface area (Å²) in [5, 5.41) is 3.17. The molecule has 0 atom stereocenters. The molecular weight excluding hydrogens is 250 g/mol. The highest BCUT2D eigenvalue weighted by Gasteiger charge is 2.09. The molecule has 18 heavy (non-hydrogen) atoms. The molecule has 2 rings (SSSR count). The SMILES string of the molecule is NC(=S)c1ccnc(NCCN2CCOCC2)n1. The number of nitrogens with two attached hydrogens (primary N) is 1. The van der Waals surface area contributed by atoms with Gasteiger partial charge in [0, 0.05) is 32.4 Å². The van der Waals surface area contributed by atoms with Gasteiger partial charge in [-0.25, -0.2) is 9.97 Å². The molecule has 7 heteroatoms. The molecule has 0 amide bonds. The van der Waals surface area contributed by atoms with Crippen molar-refractivity contribution in [3.05, 3.63) is 18.0 Å². The molecule has 0 aliphatic carbocycles. The van der Waals surface area contributed by atoms with Gasteiger partial charge in [0.1, 0.15) is 10.7 Å². The van der Waals surface area contributed by atoms with Gasteiger partial charge in [-0.05, 0) is 6.07 Å². The first-order chi connectivity index (χ1) is 8.75. The molecule has 0 bridgehead atoms. The summed E-state index contributed by atoms with van der Waals surface area (Å²) in [7, 11) is 0. The number of ether oxygens (including phenoxy) is 1. The largest absolute Gasteiger partial charge is 0.388 e. The number of hydrogen-bond donors (Lipinski definition) is 2. The van der Waals surface area contributed by atoms with E-state index in [0.29, 0.717) is 11.6 Å². The molecule has 1 aromatic heterocycles. The third-order valence-corrected chi connectivity index (χ3v) is 2.93. The van der Waals surface area contributed by atoms with Gasteiger partial charge in [0.05, 0.1) is 13.2 Å². The monoisotopic (exact) mass is 267 g/mol. The van der Waals surface area contributed by atoms with Crippen molar-refractivity contribution in [1.82, 2.24) is 14.9 Å². The van der Waals surface area contributed by atoms with Crippen LogP contribution in [0.15, 0.2) is 12.3 Å². The van der Waals surface area contributed by atoms with Crippen LogP contribution in [0, 0.1) is 0 Å². The molecule has 0 aromatic carbocycles. The van der Waals surface area contributed by atoms with Crippen molar-refractivity contribution in [3.63, 3.8) is 0 Å². The Morgan fingerprint density at radius 1 is 1.50 bits per heavy atom. The van der Waals surface area contributed by atoms with Gasteiger partial charge in [-0.3, -0.25) is 4.90 Å². The number of morpholine rings is 1. The maximum Gasteiger partial charge on any atom is 0.223 e. The summed E-state index contributed by atoms with van der Waals surface area (Å²) in [5.41, 5.74) is 6.11. The van der Waals surface area contributed by atoms with Crippen LogP contribution in [0.5, 0.6) is 0 Å². The lowest BCUT2D eigenvalue weighted by Gasteiger charge is -2.26. The Morgan fingerprint density at radius 3 is 3.00 bits per heavy atom. The molecule has 98 valence electrons. The van der Waals surface area contributed by atoms with Crippen LogP contribution < -0.4 is 11.1 Å². The molecule has 2 heterocycles. The van der Waals surface area contributed by atoms with E-state index in [0.717, 1.165) is 39.4 Å². The molecular formula is C11H17N5OS. The van der Waals surface area contributed by atoms with Crippen LogP contribution in [0.2, 0.25) is 0 Å². The highest BCUT2D eigenvalue weighted by Crippen LogP contribution is 2.01. The van der Waals surface area contributed by atoms with Crippen molar-refractivity contribution in [2.24, 2.45) is 5.73 Å². The van der Waals surface area contributed by atoms with E-state index in [1.807, 2.05) is 0 Å². The third-order valence-electron chi connectivity index (χ3n) is 2.72. The van der Waals surface area contributed by atoms with Crippen LogP contribution in [0.3, 0.4) is 0 Å². The van der Waals surface area contributed by atoms with Crippen molar-refractivity contribution in [2.75, 3.05) is 44.7 Å². The minimum absolute atomic E-state index is 0.286. The fraction of sp³-hybridized carbons (Fsp3) is 0.545. The molecule has 1 aromatic rings. The average Bonchev–Trinajstić information content (AvgIpc) is 2.40. The number of hydrogen-bond acceptors (Lipinski definition) is 6. The van der Waals surface area contributed by atoms with Gasteiger partial charge >= 0.3 is 0 Å². The van der Waals surface area contributed by atoms with E-state index in [1.165, 1.54) is 0 Å². The Kier molecular flexibility index (Phi) is 4.80. The van der Waals surface area contributed by atoms with Crippen LogP contribution >= 0.6 is 12.2 Å². The lowest BCUT2D eigenvalue weighted by molar-refractivity contribution is 0.0398. The quantitative estimate of drug-likeness (QED) is 0.719. The minimum Gasteiger partial charge on any atom is -0.388 e. The van der Waals surface area contributed by atoms with Crippen molar-refractivity contribution >= 4 is 23.2 Å². The number of rotatable bonds is 5. The second-order valence-corrected chi connectivity index (χ2v) is 4.45. The zero-order valence-corrected chi connectivity index (χ0v) is 10.9. The third kappa shape index (κ3) is 3.86. The lowest BCUT2D eigenvalue weighted by atomic mass is 10.4. The lowest BCUT2D eigenvalue weighted by Crippen LogP contribution is -2.39. The van der Waals surface area contributed by atoms with Crippen LogP contribution in [0.4, 0.5) is 5.95 Å². The van der Waals surface area contributed by atoms with Gasteiger partial charge in [-0.15, -0.1) is 0 Å². The maximum absolute atomic E-state index is 5.52. The molecule has 1 aliphatic rings. The van der Waals surface area contributed by atoms with E-state index < -0.39 is 0 Å². The zero-order valence-electron chi connectivity index (χ0n) is 10.1. The van der Waals surface area contributed by atoms with Crippen molar-refractivity contribution < 1.29 is 4.74 Å². The zero-order chi connectivity index (χ0) is 12.8. The Balaban J connectivity index is 1.78. The van der Waals surface area contributed by atoms with Gasteiger partial charge in [-0.2, -0.15) is 0 Å². The van der Waals surface area contributed by atoms with Gasteiger partial charge in [0.2, 0.25) is 5.95 Å². The first-order valence-corrected chi connectivity index (χ1v) is 6.33. The van der Waals surface area contributed by atoms with Crippen molar-refractivity contribution in [2.45, 2.75) is 0 Å². The molecule has 1 aliphatic heterocycles. The normalized spacial score (nSPS) is 16.4. The molecule has 0 saturated carbocycles. The number of nitrogens with zero attached hydrogens (tertiary/aromatic N) is 3. The molecule has 1 fully saturated rings. The number of nitrogens with one attached hydrogen (secondary N) is 1. The van der Waals surface area contributed by atoms with E-state index in [9.17, 15) is 0 Å². The number of aromatic nitrogens is 2. The molecule has 0 radical (unpaired) electrons. The molecule has 1 saturated heterocycles. The minimum atomic E-state index is 0.286. The van der Waals surface area contributed by atoms with E-state index in [2.05, 4.69) is 20.2 Å². The predicted octanol–water partition coefficient (Wildman–Crippen LogP) is -0.145. The highest BCUT2D eigenvalue weighted by atomic mass is 32.1. The van der Waals surface area contributed by atoms with Crippen molar-refractivity contribution in [1.29, 1.82) is 0 Å². The maximum atomic E-state index is 5.52. The molecule has 0 unspecified atom stereocenters. The fourth-order valence-electron chi connectivity index (χ4n) is 1.73. The van der Waals surface area contributed by atoms with Crippen molar-refractivity contribution in [3.8, 4) is 0 Å². The summed E-state index contributed by atoms with van der Waals surface area (Å²) in [6, 6.07) is 1.70. The number of thiocarbonyl (C=S) groups is 1. The van der Waals surface area contributed by atoms with Gasteiger partial charge in [-0.1, -0.05) is 12.2 Å². The Morgan fingerprint density at radius 2 is 2.28 bits per heavy atom. The second kappa shape index (κ2) is 6.58. The first kappa shape index (κ1) is 13.1. The van der Waals surface area contributed by atoms with Crippen LogP contribution in [-0.2, 0) is 4.74 Å². The summed E-state index contributed by atoms with van der Waals surface area (Å²) in [4.78, 5) is 11.0. The molecule has 6 nitrogen and oxygen atoms in total. The smallest absolute Gasteiger partial charge is 0.223 e. The van der Waals surface area contributed by atoms with E-state index in [-0.39, 0.29) is 4.99 Å². The topological polar surface area (TPSA) is 76.3 Å². The van der Waals surface area contributed by atoms with E-state index >= 15 is 0 Å². The predicted molar refractivity (Wildman–Crippen MR) is 73.7 cm³/mol. The second-order valence-electron chi connectivity index (χ2n) is 4.01. The number of anilines is 1. The Hall–Kier alpha value is -1.31. The average molecular weight is 267 g/mol. The van der Waals surface area contributed by atoms with Crippen LogP contribution in [-0.4, -0.2) is 59.2 Å². The van der Waals surface area contributed by atoms with Crippen LogP contribution in [0.1, 0.15) is 5.69 Å². The van der Waals surface area contributed by atoms with Gasteiger partial charge < -0.3 is 15.8 Å². The fourth-order valence-corrected chi connectivity index (χ4v) is 1.85. The summed E-state index contributed by atoms with van der Waals surface area (Å²) in [6.07, 6.45) is 1.65. The molecule has 3 N–H and O–H groups in total. The van der Waals surface area contributed by atoms with Crippen LogP contribution in [0.25, 0.3) is 0 Å². The standard InChI is InChI=1S/C11H17N5OS/c12-10(18)9-1-2-13-11(15-9)14-3-4-16-5-7-17-8-6-16/h1-2H,3-8H2,(H2,12,18)(H,13,14,15). The summed E-state index contributed by atoms with van der Waals surface area (Å²) in [5.74, 6) is 0.563. The Labute approximate surface area is 112 Å². The Bertz CT molecular complexity index is 408. The van der Waals surface area contributed by atoms with E-state index in [4.69, 9.17) is 22.7 Å².